The second-order valence-corrected chi connectivity index (χ2v) is 4.26. The summed E-state index contributed by atoms with van der Waals surface area (Å²) in [6, 6.07) is 3.41. The van der Waals surface area contributed by atoms with Gasteiger partial charge in [0.25, 0.3) is 0 Å². The standard InChI is InChI=1S/C11H11ClFN3O2/c12-7-3-6(1-2-8(7)13)16-11(18)9-4-15-10(17)5-14-9/h1-3,9,14H,4-5H2,(H,15,17)(H,16,18). The molecule has 2 amide bonds. The van der Waals surface area contributed by atoms with Gasteiger partial charge in [-0.3, -0.25) is 14.9 Å². The van der Waals surface area contributed by atoms with Crippen molar-refractivity contribution in [3.8, 4) is 0 Å². The van der Waals surface area contributed by atoms with E-state index >= 15 is 0 Å². The van der Waals surface area contributed by atoms with Gasteiger partial charge in [0.2, 0.25) is 11.8 Å². The minimum atomic E-state index is -0.544. The number of hydrogen-bond donors (Lipinski definition) is 3. The minimum Gasteiger partial charge on any atom is -0.353 e. The Morgan fingerprint density at radius 3 is 2.89 bits per heavy atom. The molecule has 1 aliphatic rings. The van der Waals surface area contributed by atoms with Gasteiger partial charge in [-0.1, -0.05) is 11.6 Å². The van der Waals surface area contributed by atoms with Crippen molar-refractivity contribution >= 4 is 29.1 Å². The number of carbonyl (C=O) groups excluding carboxylic acids is 2. The smallest absolute Gasteiger partial charge is 0.243 e. The van der Waals surface area contributed by atoms with E-state index in [0.29, 0.717) is 5.69 Å². The molecule has 18 heavy (non-hydrogen) atoms. The molecule has 1 saturated heterocycles. The van der Waals surface area contributed by atoms with Crippen molar-refractivity contribution in [2.24, 2.45) is 0 Å². The number of piperazine rings is 1. The van der Waals surface area contributed by atoms with Crippen molar-refractivity contribution in [3.05, 3.63) is 29.0 Å². The third-order valence-electron chi connectivity index (χ3n) is 2.52. The predicted molar refractivity (Wildman–Crippen MR) is 64.8 cm³/mol. The van der Waals surface area contributed by atoms with E-state index in [1.54, 1.807) is 0 Å². The number of amides is 2. The van der Waals surface area contributed by atoms with Gasteiger partial charge >= 0.3 is 0 Å². The Balaban J connectivity index is 1.98. The van der Waals surface area contributed by atoms with Crippen molar-refractivity contribution in [3.63, 3.8) is 0 Å². The highest BCUT2D eigenvalue weighted by Gasteiger charge is 2.23. The first-order chi connectivity index (χ1) is 8.56. The third-order valence-corrected chi connectivity index (χ3v) is 2.81. The molecule has 0 bridgehead atoms. The van der Waals surface area contributed by atoms with Gasteiger partial charge in [-0.2, -0.15) is 0 Å². The quantitative estimate of drug-likeness (QED) is 0.734. The maximum atomic E-state index is 12.9. The number of halogens is 2. The van der Waals surface area contributed by atoms with E-state index in [0.717, 1.165) is 0 Å². The van der Waals surface area contributed by atoms with Crippen LogP contribution < -0.4 is 16.0 Å². The van der Waals surface area contributed by atoms with Gasteiger partial charge in [-0.05, 0) is 18.2 Å². The Bertz CT molecular complexity index is 485. The summed E-state index contributed by atoms with van der Waals surface area (Å²) in [4.78, 5) is 22.7. The zero-order valence-corrected chi connectivity index (χ0v) is 10.1. The summed E-state index contributed by atoms with van der Waals surface area (Å²) < 4.78 is 12.9. The van der Waals surface area contributed by atoms with E-state index in [2.05, 4.69) is 16.0 Å². The van der Waals surface area contributed by atoms with Crippen LogP contribution in [-0.4, -0.2) is 30.9 Å². The molecule has 1 unspecified atom stereocenters. The fraction of sp³-hybridized carbons (Fsp3) is 0.273. The van der Waals surface area contributed by atoms with Crippen LogP contribution in [0.2, 0.25) is 5.02 Å². The summed E-state index contributed by atoms with van der Waals surface area (Å²) in [6.45, 7) is 0.321. The Hall–Kier alpha value is -1.66. The molecule has 0 spiro atoms. The van der Waals surface area contributed by atoms with E-state index in [1.807, 2.05) is 0 Å². The summed E-state index contributed by atoms with van der Waals surface area (Å²) in [5.74, 6) is -1.00. The first-order valence-corrected chi connectivity index (χ1v) is 5.70. The predicted octanol–water partition coefficient (Wildman–Crippen LogP) is 0.506. The highest BCUT2D eigenvalue weighted by atomic mass is 35.5. The zero-order chi connectivity index (χ0) is 13.1. The molecule has 0 aromatic heterocycles. The molecule has 96 valence electrons. The van der Waals surface area contributed by atoms with Crippen molar-refractivity contribution in [1.82, 2.24) is 10.6 Å². The molecule has 0 saturated carbocycles. The first kappa shape index (κ1) is 12.8. The normalized spacial score (nSPS) is 19.2. The Kier molecular flexibility index (Phi) is 3.78. The third kappa shape index (κ3) is 2.96. The van der Waals surface area contributed by atoms with Gasteiger partial charge in [0.05, 0.1) is 11.6 Å². The van der Waals surface area contributed by atoms with Crippen molar-refractivity contribution in [1.29, 1.82) is 0 Å². The maximum absolute atomic E-state index is 12.9. The molecule has 1 aromatic rings. The molecule has 0 aliphatic carbocycles. The molecule has 3 N–H and O–H groups in total. The van der Waals surface area contributed by atoms with Crippen LogP contribution in [0.5, 0.6) is 0 Å². The lowest BCUT2D eigenvalue weighted by Gasteiger charge is -2.23. The Morgan fingerprint density at radius 1 is 1.50 bits per heavy atom. The summed E-state index contributed by atoms with van der Waals surface area (Å²) in [7, 11) is 0. The highest BCUT2D eigenvalue weighted by Crippen LogP contribution is 2.19. The maximum Gasteiger partial charge on any atom is 0.243 e. The summed E-state index contributed by atoms with van der Waals surface area (Å²) in [5, 5.41) is 7.89. The van der Waals surface area contributed by atoms with Crippen molar-refractivity contribution in [2.45, 2.75) is 6.04 Å². The lowest BCUT2D eigenvalue weighted by molar-refractivity contribution is -0.124. The largest absolute Gasteiger partial charge is 0.353 e. The van der Waals surface area contributed by atoms with Gasteiger partial charge in [0.1, 0.15) is 11.9 Å². The van der Waals surface area contributed by atoms with Gasteiger partial charge < -0.3 is 10.6 Å². The minimum absolute atomic E-state index is 0.0577. The van der Waals surface area contributed by atoms with Gasteiger partial charge in [0, 0.05) is 12.2 Å². The van der Waals surface area contributed by atoms with Crippen LogP contribution >= 0.6 is 11.6 Å². The fourth-order valence-electron chi connectivity index (χ4n) is 1.56. The molecule has 1 fully saturated rings. The van der Waals surface area contributed by atoms with Crippen LogP contribution in [0, 0.1) is 5.82 Å². The molecule has 7 heteroatoms. The lowest BCUT2D eigenvalue weighted by atomic mass is 10.2. The van der Waals surface area contributed by atoms with E-state index in [9.17, 15) is 14.0 Å². The average molecular weight is 272 g/mol. The fourth-order valence-corrected chi connectivity index (χ4v) is 1.74. The first-order valence-electron chi connectivity index (χ1n) is 5.32. The number of anilines is 1. The lowest BCUT2D eigenvalue weighted by Crippen LogP contribution is -2.56. The molecule has 5 nitrogen and oxygen atoms in total. The topological polar surface area (TPSA) is 70.2 Å². The SMILES string of the molecule is O=C1CNC(C(=O)Nc2ccc(F)c(Cl)c2)CN1. The molecular formula is C11H11ClFN3O2. The molecule has 0 radical (unpaired) electrons. The summed E-state index contributed by atoms with van der Waals surface area (Å²) in [6.07, 6.45) is 0. The second-order valence-electron chi connectivity index (χ2n) is 3.86. The average Bonchev–Trinajstić information content (AvgIpc) is 2.34. The van der Waals surface area contributed by atoms with Crippen LogP contribution in [0.4, 0.5) is 10.1 Å². The van der Waals surface area contributed by atoms with Crippen LogP contribution in [0.15, 0.2) is 18.2 Å². The van der Waals surface area contributed by atoms with E-state index in [-0.39, 0.29) is 29.9 Å². The van der Waals surface area contributed by atoms with Crippen LogP contribution in [0.3, 0.4) is 0 Å². The molecular weight excluding hydrogens is 261 g/mol. The number of rotatable bonds is 2. The second kappa shape index (κ2) is 5.32. The van der Waals surface area contributed by atoms with Crippen LogP contribution in [0.1, 0.15) is 0 Å². The van der Waals surface area contributed by atoms with Gasteiger partial charge in [-0.15, -0.1) is 0 Å². The Labute approximate surface area is 108 Å². The van der Waals surface area contributed by atoms with Gasteiger partial charge in [-0.25, -0.2) is 4.39 Å². The van der Waals surface area contributed by atoms with E-state index < -0.39 is 11.9 Å². The van der Waals surface area contributed by atoms with Crippen molar-refractivity contribution < 1.29 is 14.0 Å². The number of carbonyl (C=O) groups is 2. The molecule has 2 rings (SSSR count). The zero-order valence-electron chi connectivity index (χ0n) is 9.30. The molecule has 1 heterocycles. The van der Waals surface area contributed by atoms with Gasteiger partial charge in [0.15, 0.2) is 0 Å². The summed E-state index contributed by atoms with van der Waals surface area (Å²) >= 11 is 5.60. The number of nitrogens with one attached hydrogen (secondary N) is 3. The molecule has 1 aliphatic heterocycles. The number of hydrogen-bond acceptors (Lipinski definition) is 3. The summed E-state index contributed by atoms with van der Waals surface area (Å²) in [5.41, 5.74) is 0.408. The van der Waals surface area contributed by atoms with E-state index in [4.69, 9.17) is 11.6 Å². The Morgan fingerprint density at radius 2 is 2.28 bits per heavy atom. The van der Waals surface area contributed by atoms with Crippen LogP contribution in [0.25, 0.3) is 0 Å². The monoisotopic (exact) mass is 271 g/mol. The molecule has 1 atom stereocenters. The highest BCUT2D eigenvalue weighted by molar-refractivity contribution is 6.31. The van der Waals surface area contributed by atoms with Crippen molar-refractivity contribution in [2.75, 3.05) is 18.4 Å². The molecule has 1 aromatic carbocycles. The van der Waals surface area contributed by atoms with Crippen LogP contribution in [-0.2, 0) is 9.59 Å². The van der Waals surface area contributed by atoms with E-state index in [1.165, 1.54) is 18.2 Å². The number of benzene rings is 1.